The van der Waals surface area contributed by atoms with Gasteiger partial charge in [0.25, 0.3) is 5.91 Å². The number of nitrogens with zero attached hydrogens (tertiary/aromatic N) is 1. The first kappa shape index (κ1) is 14.2. The standard InChI is InChI=1S/C15H15FN2O2S/c16-12-5-3-11(4-6-12)13-9-21-15(17-13)18-14(19)8-20-7-10-1-2-10/h3-6,9-10H,1-2,7-8H2,(H,17,18,19). The molecule has 0 saturated heterocycles. The largest absolute Gasteiger partial charge is 0.371 e. The van der Waals surface area contributed by atoms with Crippen LogP contribution in [0.1, 0.15) is 12.8 Å². The fourth-order valence-electron chi connectivity index (χ4n) is 1.84. The molecule has 1 amide bonds. The summed E-state index contributed by atoms with van der Waals surface area (Å²) < 4.78 is 18.2. The number of amides is 1. The van der Waals surface area contributed by atoms with Gasteiger partial charge in [0.2, 0.25) is 0 Å². The molecule has 1 saturated carbocycles. The van der Waals surface area contributed by atoms with Crippen molar-refractivity contribution in [3.8, 4) is 11.3 Å². The number of carbonyl (C=O) groups excluding carboxylic acids is 1. The predicted molar refractivity (Wildman–Crippen MR) is 79.7 cm³/mol. The van der Waals surface area contributed by atoms with Gasteiger partial charge in [-0.3, -0.25) is 10.1 Å². The number of anilines is 1. The monoisotopic (exact) mass is 306 g/mol. The summed E-state index contributed by atoms with van der Waals surface area (Å²) in [6, 6.07) is 6.10. The molecule has 0 spiro atoms. The summed E-state index contributed by atoms with van der Waals surface area (Å²) in [5, 5.41) is 5.06. The molecule has 0 unspecified atom stereocenters. The Labute approximate surface area is 126 Å². The highest BCUT2D eigenvalue weighted by Crippen LogP contribution is 2.28. The number of benzene rings is 1. The lowest BCUT2D eigenvalue weighted by Crippen LogP contribution is -2.18. The van der Waals surface area contributed by atoms with E-state index in [1.807, 2.05) is 5.38 Å². The number of carbonyl (C=O) groups is 1. The Morgan fingerprint density at radius 2 is 2.14 bits per heavy atom. The molecule has 110 valence electrons. The second kappa shape index (κ2) is 6.32. The molecule has 3 rings (SSSR count). The van der Waals surface area contributed by atoms with Crippen molar-refractivity contribution < 1.29 is 13.9 Å². The zero-order valence-electron chi connectivity index (χ0n) is 11.3. The maximum absolute atomic E-state index is 12.9. The normalized spacial score (nSPS) is 14.1. The van der Waals surface area contributed by atoms with E-state index in [9.17, 15) is 9.18 Å². The molecular weight excluding hydrogens is 291 g/mol. The molecule has 1 aliphatic carbocycles. The lowest BCUT2D eigenvalue weighted by atomic mass is 10.2. The molecule has 0 aliphatic heterocycles. The van der Waals surface area contributed by atoms with Crippen LogP contribution in [0.3, 0.4) is 0 Å². The zero-order valence-corrected chi connectivity index (χ0v) is 12.2. The molecule has 1 aromatic heterocycles. The van der Waals surface area contributed by atoms with Crippen molar-refractivity contribution in [3.63, 3.8) is 0 Å². The second-order valence-corrected chi connectivity index (χ2v) is 5.91. The highest BCUT2D eigenvalue weighted by atomic mass is 32.1. The van der Waals surface area contributed by atoms with Crippen LogP contribution in [0.4, 0.5) is 9.52 Å². The van der Waals surface area contributed by atoms with E-state index in [-0.39, 0.29) is 18.3 Å². The molecule has 1 fully saturated rings. The van der Waals surface area contributed by atoms with Crippen molar-refractivity contribution in [1.29, 1.82) is 0 Å². The van der Waals surface area contributed by atoms with E-state index in [1.165, 1.54) is 36.3 Å². The molecule has 2 aromatic rings. The van der Waals surface area contributed by atoms with Gasteiger partial charge >= 0.3 is 0 Å². The van der Waals surface area contributed by atoms with Gasteiger partial charge in [-0.25, -0.2) is 9.37 Å². The molecule has 1 aromatic carbocycles. The van der Waals surface area contributed by atoms with Gasteiger partial charge in [-0.1, -0.05) is 0 Å². The van der Waals surface area contributed by atoms with E-state index < -0.39 is 0 Å². The lowest BCUT2D eigenvalue weighted by molar-refractivity contribution is -0.120. The first-order chi connectivity index (χ1) is 10.2. The molecule has 0 bridgehead atoms. The van der Waals surface area contributed by atoms with Crippen molar-refractivity contribution in [3.05, 3.63) is 35.5 Å². The third kappa shape index (κ3) is 4.09. The summed E-state index contributed by atoms with van der Waals surface area (Å²) in [5.74, 6) is 0.161. The van der Waals surface area contributed by atoms with E-state index in [4.69, 9.17) is 4.74 Å². The minimum absolute atomic E-state index is 0.0575. The van der Waals surface area contributed by atoms with E-state index in [0.717, 1.165) is 5.56 Å². The summed E-state index contributed by atoms with van der Waals surface area (Å²) in [5.41, 5.74) is 1.53. The fourth-order valence-corrected chi connectivity index (χ4v) is 2.58. The SMILES string of the molecule is O=C(COCC1CC1)Nc1nc(-c2ccc(F)cc2)cs1. The molecule has 1 heterocycles. The van der Waals surface area contributed by atoms with E-state index in [0.29, 0.717) is 23.4 Å². The molecular formula is C15H15FN2O2S. The highest BCUT2D eigenvalue weighted by molar-refractivity contribution is 7.14. The van der Waals surface area contributed by atoms with Gasteiger partial charge in [0.1, 0.15) is 12.4 Å². The Morgan fingerprint density at radius 3 is 2.86 bits per heavy atom. The predicted octanol–water partition coefficient (Wildman–Crippen LogP) is 3.31. The molecule has 4 nitrogen and oxygen atoms in total. The van der Waals surface area contributed by atoms with Gasteiger partial charge in [0.15, 0.2) is 5.13 Å². The number of thiazole rings is 1. The Morgan fingerprint density at radius 1 is 1.38 bits per heavy atom. The molecule has 21 heavy (non-hydrogen) atoms. The van der Waals surface area contributed by atoms with Crippen molar-refractivity contribution in [2.24, 2.45) is 5.92 Å². The minimum atomic E-state index is -0.282. The van der Waals surface area contributed by atoms with Crippen molar-refractivity contribution >= 4 is 22.4 Å². The van der Waals surface area contributed by atoms with Crippen LogP contribution in [0.15, 0.2) is 29.6 Å². The van der Waals surface area contributed by atoms with E-state index >= 15 is 0 Å². The van der Waals surface area contributed by atoms with Crippen LogP contribution >= 0.6 is 11.3 Å². The van der Waals surface area contributed by atoms with Crippen LogP contribution in [0.2, 0.25) is 0 Å². The van der Waals surface area contributed by atoms with Crippen LogP contribution in [-0.4, -0.2) is 24.1 Å². The van der Waals surface area contributed by atoms with E-state index in [1.54, 1.807) is 12.1 Å². The van der Waals surface area contributed by atoms with Crippen LogP contribution in [-0.2, 0) is 9.53 Å². The van der Waals surface area contributed by atoms with Crippen LogP contribution in [0, 0.1) is 11.7 Å². The molecule has 6 heteroatoms. The van der Waals surface area contributed by atoms with Gasteiger partial charge in [0.05, 0.1) is 12.3 Å². The third-order valence-electron chi connectivity index (χ3n) is 3.17. The first-order valence-electron chi connectivity index (χ1n) is 6.80. The summed E-state index contributed by atoms with van der Waals surface area (Å²) in [7, 11) is 0. The summed E-state index contributed by atoms with van der Waals surface area (Å²) in [4.78, 5) is 16.0. The average molecular weight is 306 g/mol. The van der Waals surface area contributed by atoms with Gasteiger partial charge in [-0.2, -0.15) is 0 Å². The number of halogens is 1. The van der Waals surface area contributed by atoms with Gasteiger partial charge in [-0.05, 0) is 43.0 Å². The quantitative estimate of drug-likeness (QED) is 0.890. The Kier molecular flexibility index (Phi) is 4.26. The summed E-state index contributed by atoms with van der Waals surface area (Å²) in [6.07, 6.45) is 2.41. The maximum Gasteiger partial charge on any atom is 0.252 e. The van der Waals surface area contributed by atoms with Gasteiger partial charge in [0, 0.05) is 10.9 Å². The first-order valence-corrected chi connectivity index (χ1v) is 7.68. The Bertz CT molecular complexity index is 623. The maximum atomic E-state index is 12.9. The molecule has 1 N–H and O–H groups in total. The Hall–Kier alpha value is -1.79. The van der Waals surface area contributed by atoms with Crippen LogP contribution in [0.25, 0.3) is 11.3 Å². The van der Waals surface area contributed by atoms with E-state index in [2.05, 4.69) is 10.3 Å². The van der Waals surface area contributed by atoms with Gasteiger partial charge < -0.3 is 4.74 Å². The second-order valence-electron chi connectivity index (χ2n) is 5.05. The zero-order chi connectivity index (χ0) is 14.7. The fraction of sp³-hybridized carbons (Fsp3) is 0.333. The topological polar surface area (TPSA) is 51.2 Å². The number of ether oxygens (including phenoxy) is 1. The number of nitrogens with one attached hydrogen (secondary N) is 1. The number of hydrogen-bond donors (Lipinski definition) is 1. The number of aromatic nitrogens is 1. The van der Waals surface area contributed by atoms with Crippen LogP contribution in [0.5, 0.6) is 0 Å². The summed E-state index contributed by atoms with van der Waals surface area (Å²) >= 11 is 1.34. The average Bonchev–Trinajstić information content (AvgIpc) is 3.18. The number of hydrogen-bond acceptors (Lipinski definition) is 4. The molecule has 0 radical (unpaired) electrons. The smallest absolute Gasteiger partial charge is 0.252 e. The number of rotatable bonds is 6. The Balaban J connectivity index is 1.54. The minimum Gasteiger partial charge on any atom is -0.371 e. The third-order valence-corrected chi connectivity index (χ3v) is 3.93. The van der Waals surface area contributed by atoms with Gasteiger partial charge in [-0.15, -0.1) is 11.3 Å². The highest BCUT2D eigenvalue weighted by Gasteiger charge is 2.21. The summed E-state index contributed by atoms with van der Waals surface area (Å²) in [6.45, 7) is 0.716. The van der Waals surface area contributed by atoms with Crippen molar-refractivity contribution in [2.45, 2.75) is 12.8 Å². The molecule has 0 atom stereocenters. The van der Waals surface area contributed by atoms with Crippen LogP contribution < -0.4 is 5.32 Å². The lowest BCUT2D eigenvalue weighted by Gasteiger charge is -2.02. The molecule has 1 aliphatic rings. The van der Waals surface area contributed by atoms with Crippen molar-refractivity contribution in [1.82, 2.24) is 4.98 Å². The van der Waals surface area contributed by atoms with Crippen molar-refractivity contribution in [2.75, 3.05) is 18.5 Å².